The van der Waals surface area contributed by atoms with E-state index in [4.69, 9.17) is 9.72 Å². The van der Waals surface area contributed by atoms with Crippen molar-refractivity contribution in [3.05, 3.63) is 42.4 Å². The number of nitrogens with zero attached hydrogens (tertiary/aromatic N) is 5. The summed E-state index contributed by atoms with van der Waals surface area (Å²) in [6, 6.07) is 5.86. The minimum absolute atomic E-state index is 0.0130. The zero-order chi connectivity index (χ0) is 21.5. The van der Waals surface area contributed by atoms with Crippen LogP contribution in [0.5, 0.6) is 0 Å². The van der Waals surface area contributed by atoms with Crippen molar-refractivity contribution < 1.29 is 9.53 Å². The first-order chi connectivity index (χ1) is 15.1. The first-order valence-corrected chi connectivity index (χ1v) is 10.2. The van der Waals surface area contributed by atoms with Crippen molar-refractivity contribution in [3.8, 4) is 11.4 Å². The molecule has 4 aromatic heterocycles. The molecule has 0 spiro atoms. The maximum absolute atomic E-state index is 13.0. The molecule has 1 aliphatic rings. The van der Waals surface area contributed by atoms with Gasteiger partial charge in [-0.1, -0.05) is 0 Å². The number of carbonyl (C=O) groups excluding carboxylic acids is 1. The topological polar surface area (TPSA) is 110 Å². The third-order valence-corrected chi connectivity index (χ3v) is 5.88. The van der Waals surface area contributed by atoms with Gasteiger partial charge in [0.2, 0.25) is 0 Å². The molecule has 0 radical (unpaired) electrons. The van der Waals surface area contributed by atoms with Gasteiger partial charge in [0.25, 0.3) is 5.91 Å². The van der Waals surface area contributed by atoms with Crippen LogP contribution < -0.4 is 16.0 Å². The third kappa shape index (κ3) is 3.07. The van der Waals surface area contributed by atoms with E-state index in [9.17, 15) is 4.79 Å². The smallest absolute Gasteiger partial charge is 0.257 e. The highest BCUT2D eigenvalue weighted by Gasteiger charge is 2.33. The maximum atomic E-state index is 13.0. The number of pyridine rings is 1. The molecule has 160 valence electrons. The second kappa shape index (κ2) is 7.55. The number of rotatable bonds is 6. The van der Waals surface area contributed by atoms with Crippen LogP contribution in [0.3, 0.4) is 0 Å². The number of anilines is 2. The number of carbonyl (C=O) groups is 1. The molecule has 0 bridgehead atoms. The molecule has 5 rings (SSSR count). The summed E-state index contributed by atoms with van der Waals surface area (Å²) in [7, 11) is 5.34. The Hall–Kier alpha value is -3.66. The van der Waals surface area contributed by atoms with E-state index in [1.807, 2.05) is 42.9 Å². The van der Waals surface area contributed by atoms with E-state index in [0.717, 1.165) is 35.7 Å². The SMILES string of the molecule is CNc1ccc(-c2cc(NC)n3ncc(C(=O)N[C@H]4CC[C@@H]4OC)c3n2)n2ccnc12. The van der Waals surface area contributed by atoms with E-state index >= 15 is 0 Å². The van der Waals surface area contributed by atoms with Gasteiger partial charge in [-0.05, 0) is 25.0 Å². The van der Waals surface area contributed by atoms with Crippen molar-refractivity contribution in [3.63, 3.8) is 0 Å². The lowest BCUT2D eigenvalue weighted by molar-refractivity contribution is 0.00732. The Balaban J connectivity index is 1.60. The largest absolute Gasteiger partial charge is 0.385 e. The number of aromatic nitrogens is 5. The molecule has 10 heteroatoms. The second-order valence-electron chi connectivity index (χ2n) is 7.50. The lowest BCUT2D eigenvalue weighted by Gasteiger charge is -2.35. The molecule has 2 atom stereocenters. The number of fused-ring (bicyclic) bond motifs is 2. The Kier molecular flexibility index (Phi) is 4.70. The van der Waals surface area contributed by atoms with Crippen LogP contribution >= 0.6 is 0 Å². The van der Waals surface area contributed by atoms with Crippen LogP contribution in [0.2, 0.25) is 0 Å². The number of amides is 1. The Morgan fingerprint density at radius 1 is 1.19 bits per heavy atom. The molecule has 31 heavy (non-hydrogen) atoms. The minimum atomic E-state index is -0.202. The number of nitrogens with one attached hydrogen (secondary N) is 3. The fourth-order valence-electron chi connectivity index (χ4n) is 4.01. The first-order valence-electron chi connectivity index (χ1n) is 10.2. The predicted octanol–water partition coefficient (Wildman–Crippen LogP) is 2.03. The van der Waals surface area contributed by atoms with Crippen LogP contribution in [-0.4, -0.2) is 63.2 Å². The van der Waals surface area contributed by atoms with E-state index in [1.54, 1.807) is 24.0 Å². The lowest BCUT2D eigenvalue weighted by Crippen LogP contribution is -2.51. The molecule has 0 saturated heterocycles. The van der Waals surface area contributed by atoms with Gasteiger partial charge < -0.3 is 20.7 Å². The van der Waals surface area contributed by atoms with Crippen molar-refractivity contribution in [2.45, 2.75) is 25.0 Å². The highest BCUT2D eigenvalue weighted by molar-refractivity contribution is 6.00. The van der Waals surface area contributed by atoms with Crippen molar-refractivity contribution >= 4 is 28.7 Å². The molecule has 3 N–H and O–H groups in total. The van der Waals surface area contributed by atoms with Gasteiger partial charge in [0.15, 0.2) is 11.3 Å². The van der Waals surface area contributed by atoms with Gasteiger partial charge >= 0.3 is 0 Å². The fourth-order valence-corrected chi connectivity index (χ4v) is 4.01. The number of imidazole rings is 1. The van der Waals surface area contributed by atoms with Crippen molar-refractivity contribution in [2.24, 2.45) is 0 Å². The fraction of sp³-hybridized carbons (Fsp3) is 0.333. The molecule has 0 aliphatic heterocycles. The number of ether oxygens (including phenoxy) is 1. The Labute approximate surface area is 178 Å². The van der Waals surface area contributed by atoms with Gasteiger partial charge in [0, 0.05) is 39.7 Å². The van der Waals surface area contributed by atoms with Crippen molar-refractivity contribution in [1.29, 1.82) is 0 Å². The quantitative estimate of drug-likeness (QED) is 0.438. The van der Waals surface area contributed by atoms with Gasteiger partial charge in [-0.2, -0.15) is 9.61 Å². The van der Waals surface area contributed by atoms with Gasteiger partial charge in [-0.15, -0.1) is 0 Å². The Morgan fingerprint density at radius 2 is 2.06 bits per heavy atom. The van der Waals surface area contributed by atoms with Gasteiger partial charge in [-0.25, -0.2) is 9.97 Å². The Bertz CT molecular complexity index is 1280. The molecule has 1 fully saturated rings. The second-order valence-corrected chi connectivity index (χ2v) is 7.50. The zero-order valence-electron chi connectivity index (χ0n) is 17.6. The monoisotopic (exact) mass is 420 g/mol. The summed E-state index contributed by atoms with van der Waals surface area (Å²) in [5, 5.41) is 13.7. The molecule has 1 amide bonds. The summed E-state index contributed by atoms with van der Waals surface area (Å²) in [4.78, 5) is 22.2. The van der Waals surface area contributed by atoms with E-state index in [2.05, 4.69) is 26.0 Å². The summed E-state index contributed by atoms with van der Waals surface area (Å²) in [5.41, 5.74) is 4.19. The molecule has 1 saturated carbocycles. The molecule has 1 aliphatic carbocycles. The Morgan fingerprint density at radius 3 is 2.77 bits per heavy atom. The van der Waals surface area contributed by atoms with Crippen LogP contribution in [0, 0.1) is 0 Å². The lowest BCUT2D eigenvalue weighted by atomic mass is 9.89. The summed E-state index contributed by atoms with van der Waals surface area (Å²) in [6.45, 7) is 0. The normalized spacial score (nSPS) is 18.2. The number of hydrogen-bond acceptors (Lipinski definition) is 7. The highest BCUT2D eigenvalue weighted by Crippen LogP contribution is 2.28. The first kappa shape index (κ1) is 19.3. The van der Waals surface area contributed by atoms with Gasteiger partial charge in [-0.3, -0.25) is 9.20 Å². The van der Waals surface area contributed by atoms with Crippen LogP contribution in [0.1, 0.15) is 23.2 Å². The molecule has 0 unspecified atom stereocenters. The van der Waals surface area contributed by atoms with Crippen molar-refractivity contribution in [1.82, 2.24) is 29.3 Å². The average Bonchev–Trinajstić information content (AvgIpc) is 3.43. The number of hydrogen-bond donors (Lipinski definition) is 3. The van der Waals surface area contributed by atoms with Crippen LogP contribution in [0.15, 0.2) is 36.8 Å². The standard InChI is InChI=1S/C21H24N8O2/c1-22-14-4-6-16(28-9-8-24-20(14)28)15-10-18(23-2)29-19(26-15)12(11-25-29)21(30)27-13-5-7-17(13)31-3/h4,6,8-11,13,17,22-23H,5,7H2,1-3H3,(H,27,30)/t13-,17-/m0/s1. The third-order valence-electron chi connectivity index (χ3n) is 5.88. The summed E-state index contributed by atoms with van der Waals surface area (Å²) in [5.74, 6) is 0.523. The van der Waals surface area contributed by atoms with Crippen molar-refractivity contribution in [2.75, 3.05) is 31.8 Å². The van der Waals surface area contributed by atoms with E-state index < -0.39 is 0 Å². The summed E-state index contributed by atoms with van der Waals surface area (Å²) < 4.78 is 9.00. The van der Waals surface area contributed by atoms with E-state index in [-0.39, 0.29) is 18.1 Å². The van der Waals surface area contributed by atoms with E-state index in [0.29, 0.717) is 16.9 Å². The minimum Gasteiger partial charge on any atom is -0.385 e. The molecular weight excluding hydrogens is 396 g/mol. The molecule has 0 aromatic carbocycles. The molecular formula is C21H24N8O2. The average molecular weight is 420 g/mol. The van der Waals surface area contributed by atoms with Gasteiger partial charge in [0.1, 0.15) is 11.4 Å². The van der Waals surface area contributed by atoms with Gasteiger partial charge in [0.05, 0.1) is 35.4 Å². The van der Waals surface area contributed by atoms with Crippen LogP contribution in [-0.2, 0) is 4.74 Å². The maximum Gasteiger partial charge on any atom is 0.257 e. The highest BCUT2D eigenvalue weighted by atomic mass is 16.5. The van der Waals surface area contributed by atoms with Crippen LogP contribution in [0.4, 0.5) is 11.5 Å². The summed E-state index contributed by atoms with van der Waals surface area (Å²) in [6.07, 6.45) is 7.11. The molecule has 10 nitrogen and oxygen atoms in total. The predicted molar refractivity (Wildman–Crippen MR) is 118 cm³/mol. The van der Waals surface area contributed by atoms with E-state index in [1.165, 1.54) is 0 Å². The number of methoxy groups -OCH3 is 1. The van der Waals surface area contributed by atoms with Crippen LogP contribution in [0.25, 0.3) is 22.7 Å². The zero-order valence-corrected chi connectivity index (χ0v) is 17.6. The summed E-state index contributed by atoms with van der Waals surface area (Å²) >= 11 is 0. The molecule has 4 heterocycles. The molecule has 4 aromatic rings.